The van der Waals surface area contributed by atoms with Crippen LogP contribution in [0.1, 0.15) is 107 Å². The van der Waals surface area contributed by atoms with E-state index in [0.717, 1.165) is 90.9 Å². The van der Waals surface area contributed by atoms with E-state index in [2.05, 4.69) is 113 Å². The molecule has 2 aliphatic heterocycles. The number of nitrogens with two attached hydrogens (primary N) is 2. The van der Waals surface area contributed by atoms with Gasteiger partial charge in [0, 0.05) is 40.6 Å². The number of aliphatic imine (C=N–C) groups is 2. The van der Waals surface area contributed by atoms with Crippen molar-refractivity contribution in [2.24, 2.45) is 32.3 Å². The Morgan fingerprint density at radius 1 is 0.571 bits per heavy atom. The molecule has 0 amide bonds. The third-order valence-corrected chi connectivity index (χ3v) is 16.9. The standard InChI is InChI=1S/C29H27N3O.C22H23BrN2O.C7H6BNO2/c1-33-23-11-13-28(14-12-23)17-22-10-9-21(20-6-4-5-19(15-20)18-30)16-26(22)29(28)25-8-3-2-7-24(25)27(31)32-29;1-26-16-8-10-21(11-9-16)13-14-6-7-15(23)12-19(14)22(21)18-5-3-2-4-17(18)20(24)25-22;9-5-6-2-1-3-7(4-6)8(10)11/h2-10,15-16,23H,11-14,17H2,1H3,(H2,31,32);2-7,12,16H,8-11,13H2,1H3,(H2,24,25);1-4,10-11H. The molecule has 12 heteroatoms. The molecule has 4 aliphatic carbocycles. The van der Waals surface area contributed by atoms with Gasteiger partial charge in [0.2, 0.25) is 0 Å². The lowest BCUT2D eigenvalue weighted by atomic mass is 9.59. The summed E-state index contributed by atoms with van der Waals surface area (Å²) in [6.45, 7) is 0. The van der Waals surface area contributed by atoms with Crippen LogP contribution in [0.25, 0.3) is 11.1 Å². The maximum Gasteiger partial charge on any atom is 0.488 e. The van der Waals surface area contributed by atoms with E-state index >= 15 is 0 Å². The molecule has 6 aromatic rings. The number of benzene rings is 6. The smallest absolute Gasteiger partial charge is 0.423 e. The average molecular weight is 992 g/mol. The zero-order chi connectivity index (χ0) is 48.8. The van der Waals surface area contributed by atoms with Crippen molar-refractivity contribution in [3.63, 3.8) is 0 Å². The molecule has 2 saturated carbocycles. The van der Waals surface area contributed by atoms with Crippen molar-refractivity contribution in [1.82, 2.24) is 0 Å². The Hall–Kier alpha value is -6.38. The summed E-state index contributed by atoms with van der Waals surface area (Å²) in [5.74, 6) is 1.32. The van der Waals surface area contributed by atoms with E-state index in [0.29, 0.717) is 40.5 Å². The lowest BCUT2D eigenvalue weighted by Gasteiger charge is -2.47. The van der Waals surface area contributed by atoms with Gasteiger partial charge in [0.05, 0.1) is 35.5 Å². The van der Waals surface area contributed by atoms with Gasteiger partial charge in [0.1, 0.15) is 22.7 Å². The number of methoxy groups -OCH3 is 2. The van der Waals surface area contributed by atoms with Gasteiger partial charge in [-0.25, -0.2) is 0 Å². The molecule has 6 aliphatic rings. The first-order valence-electron chi connectivity index (χ1n) is 24.2. The van der Waals surface area contributed by atoms with Gasteiger partial charge in [0.15, 0.2) is 0 Å². The Balaban J connectivity index is 0.000000136. The van der Waals surface area contributed by atoms with Crippen LogP contribution in [0.15, 0.2) is 148 Å². The van der Waals surface area contributed by atoms with E-state index in [1.54, 1.807) is 18.2 Å². The van der Waals surface area contributed by atoms with Crippen LogP contribution in [-0.4, -0.2) is 55.3 Å². The molecule has 0 radical (unpaired) electrons. The minimum atomic E-state index is -1.50. The second kappa shape index (κ2) is 18.7. The number of halogens is 1. The van der Waals surface area contributed by atoms with Crippen LogP contribution in [0.2, 0.25) is 0 Å². The lowest BCUT2D eigenvalue weighted by Crippen LogP contribution is -2.45. The lowest BCUT2D eigenvalue weighted by molar-refractivity contribution is 0.00682. The summed E-state index contributed by atoms with van der Waals surface area (Å²) < 4.78 is 12.5. The first-order valence-corrected chi connectivity index (χ1v) is 25.0. The van der Waals surface area contributed by atoms with Crippen LogP contribution in [0.3, 0.4) is 0 Å². The molecule has 2 atom stereocenters. The minimum absolute atomic E-state index is 0.00525. The van der Waals surface area contributed by atoms with Crippen molar-refractivity contribution >= 4 is 40.2 Å². The largest absolute Gasteiger partial charge is 0.488 e. The molecule has 2 fully saturated rings. The van der Waals surface area contributed by atoms with Gasteiger partial charge in [-0.1, -0.05) is 107 Å². The topological polar surface area (TPSA) is 183 Å². The van der Waals surface area contributed by atoms with Gasteiger partial charge in [-0.05, 0) is 157 Å². The maximum absolute atomic E-state index is 9.39. The van der Waals surface area contributed by atoms with E-state index in [4.69, 9.17) is 46.2 Å². The van der Waals surface area contributed by atoms with Gasteiger partial charge in [-0.2, -0.15) is 10.5 Å². The highest BCUT2D eigenvalue weighted by Crippen LogP contribution is 2.66. The summed E-state index contributed by atoms with van der Waals surface area (Å²) in [4.78, 5) is 10.6. The molecular formula is C58H56BBrN6O4. The zero-order valence-corrected chi connectivity index (χ0v) is 41.1. The average Bonchev–Trinajstić information content (AvgIpc) is 4.06. The number of ether oxygens (including phenoxy) is 2. The van der Waals surface area contributed by atoms with Crippen molar-refractivity contribution in [3.05, 3.63) is 194 Å². The van der Waals surface area contributed by atoms with Crippen molar-refractivity contribution in [2.45, 2.75) is 87.5 Å². The molecular weight excluding hydrogens is 935 g/mol. The third-order valence-electron chi connectivity index (χ3n) is 16.4. The van der Waals surface area contributed by atoms with E-state index in [1.165, 1.54) is 39.4 Å². The van der Waals surface area contributed by atoms with Gasteiger partial charge < -0.3 is 31.0 Å². The van der Waals surface area contributed by atoms with Crippen LogP contribution in [0.4, 0.5) is 0 Å². The fourth-order valence-corrected chi connectivity index (χ4v) is 13.4. The monoisotopic (exact) mass is 990 g/mol. The second-order valence-corrected chi connectivity index (χ2v) is 20.7. The number of hydrogen-bond acceptors (Lipinski definition) is 10. The summed E-state index contributed by atoms with van der Waals surface area (Å²) in [7, 11) is 2.16. The van der Waals surface area contributed by atoms with E-state index in [1.807, 2.05) is 38.5 Å². The van der Waals surface area contributed by atoms with E-state index < -0.39 is 12.7 Å². The number of nitriles is 2. The summed E-state index contributed by atoms with van der Waals surface area (Å²) in [5, 5.41) is 35.2. The van der Waals surface area contributed by atoms with Crippen LogP contribution in [-0.2, 0) is 33.4 Å². The van der Waals surface area contributed by atoms with Gasteiger partial charge in [-0.3, -0.25) is 9.98 Å². The predicted octanol–water partition coefficient (Wildman–Crippen LogP) is 9.10. The second-order valence-electron chi connectivity index (χ2n) is 19.8. The van der Waals surface area contributed by atoms with Crippen molar-refractivity contribution in [1.29, 1.82) is 10.5 Å². The summed E-state index contributed by atoms with van der Waals surface area (Å²) in [6, 6.07) is 48.7. The third kappa shape index (κ3) is 7.69. The molecule has 2 heterocycles. The number of rotatable bonds is 4. The molecule has 6 aromatic carbocycles. The first-order chi connectivity index (χ1) is 33.9. The first kappa shape index (κ1) is 47.3. The Kier molecular flexibility index (Phi) is 12.7. The molecule has 0 bridgehead atoms. The normalized spacial score (nSPS) is 26.1. The quantitative estimate of drug-likeness (QED) is 0.126. The number of hydrogen-bond donors (Lipinski definition) is 4. The van der Waals surface area contributed by atoms with Gasteiger partial charge in [-0.15, -0.1) is 0 Å². The van der Waals surface area contributed by atoms with Crippen molar-refractivity contribution < 1.29 is 19.5 Å². The van der Waals surface area contributed by atoms with Crippen LogP contribution < -0.4 is 16.9 Å². The Bertz CT molecular complexity index is 3140. The summed E-state index contributed by atoms with van der Waals surface area (Å²) in [6.07, 6.45) is 11.4. The highest BCUT2D eigenvalue weighted by Gasteiger charge is 2.63. The molecule has 10 nitrogen and oxygen atoms in total. The van der Waals surface area contributed by atoms with E-state index in [-0.39, 0.29) is 16.4 Å². The van der Waals surface area contributed by atoms with Crippen LogP contribution in [0.5, 0.6) is 0 Å². The number of fused-ring (bicyclic) bond motifs is 10. The van der Waals surface area contributed by atoms with Crippen LogP contribution >= 0.6 is 15.9 Å². The van der Waals surface area contributed by atoms with Gasteiger partial charge >= 0.3 is 7.12 Å². The fraction of sp³-hybridized carbons (Fsp3) is 0.310. The van der Waals surface area contributed by atoms with Crippen molar-refractivity contribution in [3.8, 4) is 23.3 Å². The highest BCUT2D eigenvalue weighted by atomic mass is 79.9. The Morgan fingerprint density at radius 3 is 1.56 bits per heavy atom. The molecule has 6 N–H and O–H groups in total. The predicted molar refractivity (Wildman–Crippen MR) is 278 cm³/mol. The van der Waals surface area contributed by atoms with E-state index in [9.17, 15) is 5.26 Å². The molecule has 12 rings (SSSR count). The van der Waals surface area contributed by atoms with Crippen molar-refractivity contribution in [2.75, 3.05) is 14.2 Å². The molecule has 352 valence electrons. The fourth-order valence-electron chi connectivity index (χ4n) is 13.1. The molecule has 0 saturated heterocycles. The highest BCUT2D eigenvalue weighted by molar-refractivity contribution is 9.10. The number of amidine groups is 2. The Morgan fingerprint density at radius 2 is 1.04 bits per heavy atom. The maximum atomic E-state index is 9.39. The number of nitrogens with zero attached hydrogens (tertiary/aromatic N) is 4. The minimum Gasteiger partial charge on any atom is -0.423 e. The Labute approximate surface area is 419 Å². The zero-order valence-electron chi connectivity index (χ0n) is 39.5. The molecule has 0 aromatic heterocycles. The SMILES string of the molecule is COC1CCC2(CC1)Cc1ccc(-c3cccc(C#N)c3)cc1C21N=C(N)c2ccccc21.COC1CCC2(CC1)Cc1ccc(Br)cc1C21N=C(N)c2ccccc21.N#Cc1cccc(B(O)O)c1. The summed E-state index contributed by atoms with van der Waals surface area (Å²) >= 11 is 3.68. The molecule has 70 heavy (non-hydrogen) atoms. The summed E-state index contributed by atoms with van der Waals surface area (Å²) in [5.41, 5.74) is 26.0. The molecule has 4 spiro atoms. The van der Waals surface area contributed by atoms with Gasteiger partial charge in [0.25, 0.3) is 0 Å². The van der Waals surface area contributed by atoms with Crippen LogP contribution in [0, 0.1) is 33.5 Å². The molecule has 2 unspecified atom stereocenters.